The van der Waals surface area contributed by atoms with Crippen molar-refractivity contribution >= 4 is 10.1 Å². The molecule has 192 valence electrons. The van der Waals surface area contributed by atoms with Crippen LogP contribution >= 0.6 is 0 Å². The number of halogens is 9. The average Bonchev–Trinajstić information content (AvgIpc) is 2.68. The molecule has 0 aromatic rings. The molecule has 2 aliphatic carbocycles. The molecule has 0 aromatic carbocycles. The summed E-state index contributed by atoms with van der Waals surface area (Å²) in [4.78, 5) is 0. The van der Waals surface area contributed by atoms with Crippen molar-refractivity contribution in [1.29, 1.82) is 0 Å². The van der Waals surface area contributed by atoms with Gasteiger partial charge in [0, 0.05) is 0 Å². The third kappa shape index (κ3) is 5.83. The van der Waals surface area contributed by atoms with E-state index in [2.05, 4.69) is 14.1 Å². The lowest BCUT2D eigenvalue weighted by Gasteiger charge is -2.47. The Bertz CT molecular complexity index is 692. The largest absolute Gasteiger partial charge is 0.743 e. The number of hydrogen-bond acceptors (Lipinski definition) is 3. The van der Waals surface area contributed by atoms with Crippen LogP contribution in [0.25, 0.3) is 0 Å². The van der Waals surface area contributed by atoms with Gasteiger partial charge in [0.05, 0.1) is 26.2 Å². The van der Waals surface area contributed by atoms with E-state index in [0.717, 1.165) is 12.1 Å². The molecule has 0 saturated heterocycles. The summed E-state index contributed by atoms with van der Waals surface area (Å²) in [6.07, 6.45) is 7.71. The Labute approximate surface area is 181 Å². The van der Waals surface area contributed by atoms with E-state index in [1.54, 1.807) is 0 Å². The van der Waals surface area contributed by atoms with Crippen molar-refractivity contribution in [3.05, 3.63) is 0 Å². The first-order valence-corrected chi connectivity index (χ1v) is 11.6. The van der Waals surface area contributed by atoms with Gasteiger partial charge in [0.15, 0.2) is 10.1 Å². The van der Waals surface area contributed by atoms with Gasteiger partial charge in [-0.15, -0.1) is 0 Å². The fraction of sp³-hybridized carbons (Fsp3) is 1.00. The number of nitrogens with zero attached hydrogens (tertiary/aromatic N) is 1. The highest BCUT2D eigenvalue weighted by Crippen LogP contribution is 2.54. The van der Waals surface area contributed by atoms with Gasteiger partial charge >= 0.3 is 23.3 Å². The van der Waals surface area contributed by atoms with E-state index in [-0.39, 0.29) is 0 Å². The van der Waals surface area contributed by atoms with E-state index in [1.165, 1.54) is 68.7 Å². The van der Waals surface area contributed by atoms with Crippen LogP contribution in [0.4, 0.5) is 39.5 Å². The van der Waals surface area contributed by atoms with Gasteiger partial charge < -0.3 is 9.04 Å². The topological polar surface area (TPSA) is 57.2 Å². The second-order valence-corrected chi connectivity index (χ2v) is 10.3. The first kappa shape index (κ1) is 29.3. The molecule has 0 heterocycles. The van der Waals surface area contributed by atoms with Gasteiger partial charge in [0.25, 0.3) is 0 Å². The van der Waals surface area contributed by atoms with Crippen molar-refractivity contribution in [2.45, 2.75) is 99.6 Å². The second kappa shape index (κ2) is 9.85. The monoisotopic (exact) mass is 509 g/mol. The zero-order valence-electron chi connectivity index (χ0n) is 17.7. The zero-order valence-corrected chi connectivity index (χ0v) is 18.5. The maximum atomic E-state index is 12.2. The summed E-state index contributed by atoms with van der Waals surface area (Å²) in [5.41, 5.74) is 0. The summed E-state index contributed by atoms with van der Waals surface area (Å²) >= 11 is 0. The fourth-order valence-corrected chi connectivity index (χ4v) is 4.75. The number of alkyl halides is 9. The molecule has 0 aliphatic heterocycles. The lowest BCUT2D eigenvalue weighted by Crippen LogP contribution is -2.63. The van der Waals surface area contributed by atoms with Crippen molar-refractivity contribution in [1.82, 2.24) is 0 Å². The first-order valence-electron chi connectivity index (χ1n) is 10.2. The smallest absolute Gasteiger partial charge is 0.460 e. The normalized spacial score (nSPS) is 21.1. The minimum atomic E-state index is -7.43. The van der Waals surface area contributed by atoms with Crippen LogP contribution in [0.3, 0.4) is 0 Å². The molecule has 2 fully saturated rings. The van der Waals surface area contributed by atoms with Gasteiger partial charge in [0.1, 0.15) is 0 Å². The lowest BCUT2D eigenvalue weighted by molar-refractivity contribution is -0.941. The van der Waals surface area contributed by atoms with E-state index in [9.17, 15) is 52.5 Å². The van der Waals surface area contributed by atoms with Crippen LogP contribution in [0.5, 0.6) is 0 Å². The summed E-state index contributed by atoms with van der Waals surface area (Å²) in [5.74, 6) is -14.8. The Morgan fingerprint density at radius 1 is 0.656 bits per heavy atom. The van der Waals surface area contributed by atoms with Crippen molar-refractivity contribution in [2.75, 3.05) is 14.1 Å². The van der Waals surface area contributed by atoms with Crippen LogP contribution in [-0.4, -0.2) is 66.9 Å². The van der Waals surface area contributed by atoms with Crippen molar-refractivity contribution in [3.8, 4) is 0 Å². The summed E-state index contributed by atoms with van der Waals surface area (Å²) in [7, 11) is -2.40. The van der Waals surface area contributed by atoms with Gasteiger partial charge in [-0.25, -0.2) is 8.42 Å². The summed E-state index contributed by atoms with van der Waals surface area (Å²) in [6.45, 7) is 0. The quantitative estimate of drug-likeness (QED) is 0.272. The summed E-state index contributed by atoms with van der Waals surface area (Å²) in [6, 6.07) is 1.95. The molecule has 0 bridgehead atoms. The zero-order chi connectivity index (χ0) is 25.2. The van der Waals surface area contributed by atoms with Gasteiger partial charge in [0.2, 0.25) is 0 Å². The minimum Gasteiger partial charge on any atom is -0.743 e. The third-order valence-electron chi connectivity index (χ3n) is 6.46. The lowest BCUT2D eigenvalue weighted by atomic mass is 9.87. The summed E-state index contributed by atoms with van der Waals surface area (Å²) in [5, 5.41) is -7.11. The van der Waals surface area contributed by atoms with Gasteiger partial charge in [-0.3, -0.25) is 0 Å². The molecule has 0 spiro atoms. The molecule has 0 radical (unpaired) electrons. The maximum absolute atomic E-state index is 12.2. The Balaban J connectivity index is 0.000000321. The molecular weight excluding hydrogens is 481 g/mol. The Hall–Kier alpha value is -0.760. The molecule has 14 heteroatoms. The number of hydrogen-bond donors (Lipinski definition) is 0. The Kier molecular flexibility index (Phi) is 9.01. The van der Waals surface area contributed by atoms with E-state index in [0.29, 0.717) is 0 Å². The van der Waals surface area contributed by atoms with E-state index < -0.39 is 33.4 Å². The van der Waals surface area contributed by atoms with E-state index >= 15 is 0 Å². The molecule has 0 N–H and O–H groups in total. The third-order valence-corrected chi connectivity index (χ3v) is 7.35. The molecule has 2 rings (SSSR count). The summed E-state index contributed by atoms with van der Waals surface area (Å²) < 4.78 is 137. The molecule has 4 nitrogen and oxygen atoms in total. The SMILES string of the molecule is C[N+](C)(C1CCCCC1)C1CCCCC1.O=S(=O)([O-])C(F)(F)C(F)(F)C(F)(F)C(F)(F)F. The van der Waals surface area contributed by atoms with Crippen molar-refractivity contribution in [2.24, 2.45) is 0 Å². The molecular formula is C18H28F9NO3S. The predicted molar refractivity (Wildman–Crippen MR) is 96.4 cm³/mol. The highest BCUT2D eigenvalue weighted by molar-refractivity contribution is 7.86. The molecule has 2 saturated carbocycles. The highest BCUT2D eigenvalue weighted by Gasteiger charge is 2.83. The minimum absolute atomic E-state index is 0.974. The van der Waals surface area contributed by atoms with Crippen molar-refractivity contribution < 1.29 is 57.0 Å². The van der Waals surface area contributed by atoms with Crippen LogP contribution < -0.4 is 0 Å². The molecule has 32 heavy (non-hydrogen) atoms. The van der Waals surface area contributed by atoms with Gasteiger partial charge in [-0.1, -0.05) is 12.8 Å². The van der Waals surface area contributed by atoms with Gasteiger partial charge in [-0.05, 0) is 51.4 Å². The van der Waals surface area contributed by atoms with Crippen LogP contribution in [0.2, 0.25) is 0 Å². The highest BCUT2D eigenvalue weighted by atomic mass is 32.2. The molecule has 0 amide bonds. The van der Waals surface area contributed by atoms with Gasteiger partial charge in [-0.2, -0.15) is 39.5 Å². The Morgan fingerprint density at radius 2 is 0.969 bits per heavy atom. The molecule has 2 aliphatic rings. The standard InChI is InChI=1S/C14H28N.C4HF9O3S/c1-15(2,13-9-5-3-6-10-13)14-11-7-4-8-12-14;5-1(6,3(9,10)11)2(7,8)4(12,13)17(14,15)16/h13-14H,3-12H2,1-2H3;(H,14,15,16)/q+1;/p-1. The van der Waals surface area contributed by atoms with Crippen molar-refractivity contribution in [3.63, 3.8) is 0 Å². The first-order chi connectivity index (χ1) is 14.2. The van der Waals surface area contributed by atoms with Crippen LogP contribution in [0.15, 0.2) is 0 Å². The molecule has 0 unspecified atom stereocenters. The fourth-order valence-electron chi connectivity index (χ4n) is 4.31. The molecule has 0 aromatic heterocycles. The predicted octanol–water partition coefficient (Wildman–Crippen LogP) is 5.69. The van der Waals surface area contributed by atoms with Crippen LogP contribution in [-0.2, 0) is 10.1 Å². The van der Waals surface area contributed by atoms with E-state index in [1.807, 2.05) is 0 Å². The van der Waals surface area contributed by atoms with Crippen LogP contribution in [0, 0.1) is 0 Å². The second-order valence-electron chi connectivity index (χ2n) is 8.83. The average molecular weight is 509 g/mol. The van der Waals surface area contributed by atoms with Crippen LogP contribution in [0.1, 0.15) is 64.2 Å². The Morgan fingerprint density at radius 3 is 1.22 bits per heavy atom. The molecule has 0 atom stereocenters. The van der Waals surface area contributed by atoms with E-state index in [4.69, 9.17) is 0 Å². The number of quaternary nitrogens is 1. The maximum Gasteiger partial charge on any atom is 0.460 e. The number of rotatable bonds is 5.